The van der Waals surface area contributed by atoms with Gasteiger partial charge in [-0.2, -0.15) is 0 Å². The molecule has 2 aromatic carbocycles. The number of halogens is 3. The molecule has 0 unspecified atom stereocenters. The SMILES string of the molecule is Cc1cc(F)ccc1C(=O)Nc1ccnc(Oc2ccc(F)cc2F)c1. The number of benzene rings is 2. The fourth-order valence-electron chi connectivity index (χ4n) is 2.29. The second-order valence-corrected chi connectivity index (χ2v) is 5.47. The van der Waals surface area contributed by atoms with E-state index >= 15 is 0 Å². The van der Waals surface area contributed by atoms with Crippen molar-refractivity contribution in [1.82, 2.24) is 4.98 Å². The fraction of sp³-hybridized carbons (Fsp3) is 0.0526. The lowest BCUT2D eigenvalue weighted by Crippen LogP contribution is -2.13. The van der Waals surface area contributed by atoms with E-state index in [1.165, 1.54) is 36.5 Å². The Bertz CT molecular complexity index is 977. The summed E-state index contributed by atoms with van der Waals surface area (Å²) in [6.45, 7) is 1.62. The van der Waals surface area contributed by atoms with Crippen molar-refractivity contribution in [3.8, 4) is 11.6 Å². The van der Waals surface area contributed by atoms with Gasteiger partial charge in [0.2, 0.25) is 5.88 Å². The van der Waals surface area contributed by atoms with Crippen molar-refractivity contribution in [1.29, 1.82) is 0 Å². The maximum Gasteiger partial charge on any atom is 0.255 e. The van der Waals surface area contributed by atoms with Gasteiger partial charge in [0.25, 0.3) is 5.91 Å². The summed E-state index contributed by atoms with van der Waals surface area (Å²) in [5, 5.41) is 2.63. The topological polar surface area (TPSA) is 51.2 Å². The molecule has 26 heavy (non-hydrogen) atoms. The smallest absolute Gasteiger partial charge is 0.255 e. The zero-order chi connectivity index (χ0) is 18.7. The monoisotopic (exact) mass is 358 g/mol. The van der Waals surface area contributed by atoms with E-state index in [0.29, 0.717) is 22.9 Å². The van der Waals surface area contributed by atoms with Crippen LogP contribution in [0, 0.1) is 24.4 Å². The number of hydrogen-bond acceptors (Lipinski definition) is 3. The predicted molar refractivity (Wildman–Crippen MR) is 89.8 cm³/mol. The molecule has 3 rings (SSSR count). The van der Waals surface area contributed by atoms with Gasteiger partial charge in [0.1, 0.15) is 11.6 Å². The van der Waals surface area contributed by atoms with Crippen molar-refractivity contribution in [2.45, 2.75) is 6.92 Å². The molecule has 0 aliphatic rings. The zero-order valence-corrected chi connectivity index (χ0v) is 13.6. The minimum atomic E-state index is -0.872. The largest absolute Gasteiger partial charge is 0.436 e. The van der Waals surface area contributed by atoms with Gasteiger partial charge in [-0.05, 0) is 48.9 Å². The van der Waals surface area contributed by atoms with Gasteiger partial charge in [-0.15, -0.1) is 0 Å². The summed E-state index contributed by atoms with van der Waals surface area (Å²) in [5.41, 5.74) is 1.16. The van der Waals surface area contributed by atoms with E-state index in [0.717, 1.165) is 12.1 Å². The van der Waals surface area contributed by atoms with E-state index in [4.69, 9.17) is 4.74 Å². The Morgan fingerprint density at radius 1 is 1.00 bits per heavy atom. The first kappa shape index (κ1) is 17.5. The maximum atomic E-state index is 13.7. The summed E-state index contributed by atoms with van der Waals surface area (Å²) < 4.78 is 45.0. The van der Waals surface area contributed by atoms with Crippen LogP contribution >= 0.6 is 0 Å². The molecule has 7 heteroatoms. The van der Waals surface area contributed by atoms with Crippen LogP contribution in [-0.2, 0) is 0 Å². The molecule has 0 aliphatic heterocycles. The molecule has 4 nitrogen and oxygen atoms in total. The minimum Gasteiger partial charge on any atom is -0.436 e. The number of anilines is 1. The number of aryl methyl sites for hydroxylation is 1. The zero-order valence-electron chi connectivity index (χ0n) is 13.6. The number of amides is 1. The van der Waals surface area contributed by atoms with Crippen LogP contribution in [0.1, 0.15) is 15.9 Å². The quantitative estimate of drug-likeness (QED) is 0.725. The van der Waals surface area contributed by atoms with Gasteiger partial charge in [-0.1, -0.05) is 0 Å². The van der Waals surface area contributed by atoms with Crippen molar-refractivity contribution in [3.63, 3.8) is 0 Å². The van der Waals surface area contributed by atoms with Gasteiger partial charge in [-0.3, -0.25) is 4.79 Å². The molecule has 0 radical (unpaired) electrons. The third-order valence-corrected chi connectivity index (χ3v) is 3.53. The van der Waals surface area contributed by atoms with E-state index < -0.39 is 23.4 Å². The van der Waals surface area contributed by atoms with Crippen LogP contribution < -0.4 is 10.1 Å². The molecule has 1 N–H and O–H groups in total. The van der Waals surface area contributed by atoms with Gasteiger partial charge >= 0.3 is 0 Å². The van der Waals surface area contributed by atoms with Gasteiger partial charge < -0.3 is 10.1 Å². The van der Waals surface area contributed by atoms with Crippen molar-refractivity contribution < 1.29 is 22.7 Å². The van der Waals surface area contributed by atoms with Crippen LogP contribution in [0.5, 0.6) is 11.6 Å². The van der Waals surface area contributed by atoms with Crippen LogP contribution in [-0.4, -0.2) is 10.9 Å². The normalized spacial score (nSPS) is 10.5. The van der Waals surface area contributed by atoms with Crippen molar-refractivity contribution in [2.75, 3.05) is 5.32 Å². The van der Waals surface area contributed by atoms with Crippen LogP contribution in [0.2, 0.25) is 0 Å². The number of nitrogens with zero attached hydrogens (tertiary/aromatic N) is 1. The summed E-state index contributed by atoms with van der Waals surface area (Å²) in [5.74, 6) is -2.64. The summed E-state index contributed by atoms with van der Waals surface area (Å²) in [7, 11) is 0. The van der Waals surface area contributed by atoms with Gasteiger partial charge in [0.15, 0.2) is 11.6 Å². The molecule has 1 aromatic heterocycles. The molecule has 1 heterocycles. The average molecular weight is 358 g/mol. The van der Waals surface area contributed by atoms with Crippen LogP contribution in [0.25, 0.3) is 0 Å². The molecular weight excluding hydrogens is 345 g/mol. The summed E-state index contributed by atoms with van der Waals surface area (Å²) >= 11 is 0. The van der Waals surface area contributed by atoms with Crippen LogP contribution in [0.3, 0.4) is 0 Å². The number of pyridine rings is 1. The van der Waals surface area contributed by atoms with Gasteiger partial charge in [-0.25, -0.2) is 18.2 Å². The highest BCUT2D eigenvalue weighted by Crippen LogP contribution is 2.25. The number of hydrogen-bond donors (Lipinski definition) is 1. The van der Waals surface area contributed by atoms with Crippen LogP contribution in [0.4, 0.5) is 18.9 Å². The number of carbonyl (C=O) groups excluding carboxylic acids is 1. The molecule has 0 spiro atoms. The maximum absolute atomic E-state index is 13.7. The van der Waals surface area contributed by atoms with Crippen molar-refractivity contribution >= 4 is 11.6 Å². The highest BCUT2D eigenvalue weighted by atomic mass is 19.1. The van der Waals surface area contributed by atoms with E-state index in [9.17, 15) is 18.0 Å². The Balaban J connectivity index is 1.77. The Morgan fingerprint density at radius 2 is 1.73 bits per heavy atom. The summed E-state index contributed by atoms with van der Waals surface area (Å²) in [4.78, 5) is 16.2. The number of rotatable bonds is 4. The predicted octanol–water partition coefficient (Wildman–Crippen LogP) is 4.85. The molecule has 0 aliphatic carbocycles. The third kappa shape index (κ3) is 4.00. The Hall–Kier alpha value is -3.35. The Labute approximate surface area is 147 Å². The summed E-state index contributed by atoms with van der Waals surface area (Å²) in [6, 6.07) is 9.63. The summed E-state index contributed by atoms with van der Waals surface area (Å²) in [6.07, 6.45) is 1.36. The molecule has 0 atom stereocenters. The number of aromatic nitrogens is 1. The molecule has 3 aromatic rings. The lowest BCUT2D eigenvalue weighted by atomic mass is 10.1. The molecular formula is C19H13F3N2O2. The molecule has 132 valence electrons. The lowest BCUT2D eigenvalue weighted by Gasteiger charge is -2.10. The standard InChI is InChI=1S/C19H13F3N2O2/c1-11-8-12(20)2-4-15(11)19(25)24-14-6-7-23-18(10-14)26-17-5-3-13(21)9-16(17)22/h2-10H,1H3,(H,23,24,25). The Morgan fingerprint density at radius 3 is 2.46 bits per heavy atom. The second kappa shape index (κ2) is 7.26. The highest BCUT2D eigenvalue weighted by Gasteiger charge is 2.12. The second-order valence-electron chi connectivity index (χ2n) is 5.47. The molecule has 1 amide bonds. The lowest BCUT2D eigenvalue weighted by molar-refractivity contribution is 0.102. The van der Waals surface area contributed by atoms with E-state index in [1.807, 2.05) is 0 Å². The minimum absolute atomic E-state index is 0.0177. The van der Waals surface area contributed by atoms with Crippen molar-refractivity contribution in [3.05, 3.63) is 83.3 Å². The first-order valence-corrected chi connectivity index (χ1v) is 7.59. The van der Waals surface area contributed by atoms with Crippen LogP contribution in [0.15, 0.2) is 54.7 Å². The number of carbonyl (C=O) groups is 1. The van der Waals surface area contributed by atoms with Crippen molar-refractivity contribution in [2.24, 2.45) is 0 Å². The first-order chi connectivity index (χ1) is 12.4. The fourth-order valence-corrected chi connectivity index (χ4v) is 2.29. The molecule has 0 bridgehead atoms. The third-order valence-electron chi connectivity index (χ3n) is 3.53. The van der Waals surface area contributed by atoms with Gasteiger partial charge in [0.05, 0.1) is 0 Å². The first-order valence-electron chi connectivity index (χ1n) is 7.59. The number of ether oxygens (including phenoxy) is 1. The van der Waals surface area contributed by atoms with E-state index in [1.54, 1.807) is 6.92 Å². The Kier molecular flexibility index (Phi) is 4.88. The van der Waals surface area contributed by atoms with E-state index in [2.05, 4.69) is 10.3 Å². The number of nitrogens with one attached hydrogen (secondary N) is 1. The average Bonchev–Trinajstić information content (AvgIpc) is 2.57. The molecule has 0 saturated carbocycles. The molecule has 0 fully saturated rings. The van der Waals surface area contributed by atoms with Gasteiger partial charge in [0, 0.05) is 29.6 Å². The van der Waals surface area contributed by atoms with E-state index in [-0.39, 0.29) is 11.6 Å². The molecule has 0 saturated heterocycles. The highest BCUT2D eigenvalue weighted by molar-refractivity contribution is 6.05.